The van der Waals surface area contributed by atoms with E-state index in [9.17, 15) is 14.0 Å². The largest absolute Gasteiger partial charge is 0.497 e. The first-order valence-corrected chi connectivity index (χ1v) is 9.29. The number of amides is 2. The van der Waals surface area contributed by atoms with Crippen LogP contribution in [0.5, 0.6) is 5.75 Å². The van der Waals surface area contributed by atoms with Crippen molar-refractivity contribution in [3.8, 4) is 17.1 Å². The molecule has 1 aromatic heterocycles. The van der Waals surface area contributed by atoms with Crippen LogP contribution in [0.15, 0.2) is 53.7 Å². The van der Waals surface area contributed by atoms with Crippen LogP contribution < -0.4 is 9.64 Å². The van der Waals surface area contributed by atoms with Crippen molar-refractivity contribution in [1.82, 2.24) is 15.2 Å². The van der Waals surface area contributed by atoms with Gasteiger partial charge in [-0.3, -0.25) is 14.7 Å². The summed E-state index contributed by atoms with van der Waals surface area (Å²) >= 11 is 1.12. The number of aromatic amines is 1. The molecule has 1 aliphatic rings. The second-order valence-corrected chi connectivity index (χ2v) is 7.22. The highest BCUT2D eigenvalue weighted by atomic mass is 32.2. The van der Waals surface area contributed by atoms with Gasteiger partial charge in [0.1, 0.15) is 16.8 Å². The Morgan fingerprint density at radius 3 is 2.54 bits per heavy atom. The van der Waals surface area contributed by atoms with Crippen molar-refractivity contribution < 1.29 is 18.7 Å². The van der Waals surface area contributed by atoms with E-state index in [-0.39, 0.29) is 18.2 Å². The SMILES string of the molecule is COc1ccc(-c2nc(SC3CC(=O)N(c4ccc(F)cc4)C3=O)n[nH]2)cc1. The van der Waals surface area contributed by atoms with Crippen LogP contribution in [0, 0.1) is 5.82 Å². The van der Waals surface area contributed by atoms with E-state index in [0.717, 1.165) is 28.0 Å². The number of halogens is 1. The van der Waals surface area contributed by atoms with Gasteiger partial charge < -0.3 is 4.74 Å². The molecule has 0 bridgehead atoms. The fourth-order valence-electron chi connectivity index (χ4n) is 2.86. The zero-order valence-electron chi connectivity index (χ0n) is 14.8. The molecule has 2 amide bonds. The first kappa shape index (κ1) is 18.2. The minimum atomic E-state index is -0.628. The number of hydrogen-bond donors (Lipinski definition) is 1. The summed E-state index contributed by atoms with van der Waals surface area (Å²) < 4.78 is 18.2. The van der Waals surface area contributed by atoms with Gasteiger partial charge >= 0.3 is 0 Å². The van der Waals surface area contributed by atoms with Gasteiger partial charge in [-0.25, -0.2) is 14.3 Å². The number of imide groups is 1. The average molecular weight is 398 g/mol. The molecule has 1 N–H and O–H groups in total. The molecule has 0 spiro atoms. The number of methoxy groups -OCH3 is 1. The second kappa shape index (κ2) is 7.43. The van der Waals surface area contributed by atoms with E-state index in [1.54, 1.807) is 7.11 Å². The van der Waals surface area contributed by atoms with Crippen molar-refractivity contribution in [3.63, 3.8) is 0 Å². The first-order chi connectivity index (χ1) is 13.5. The van der Waals surface area contributed by atoms with Crippen LogP contribution in [0.3, 0.4) is 0 Å². The van der Waals surface area contributed by atoms with Gasteiger partial charge in [0.25, 0.3) is 0 Å². The van der Waals surface area contributed by atoms with Crippen LogP contribution in [0.25, 0.3) is 11.4 Å². The topological polar surface area (TPSA) is 88.2 Å². The Bertz CT molecular complexity index is 1020. The van der Waals surface area contributed by atoms with E-state index in [4.69, 9.17) is 4.74 Å². The Kier molecular flexibility index (Phi) is 4.82. The number of rotatable bonds is 5. The van der Waals surface area contributed by atoms with Crippen molar-refractivity contribution in [2.75, 3.05) is 12.0 Å². The van der Waals surface area contributed by atoms with Crippen molar-refractivity contribution in [2.24, 2.45) is 0 Å². The number of carbonyl (C=O) groups is 2. The molecule has 2 heterocycles. The van der Waals surface area contributed by atoms with Crippen molar-refractivity contribution >= 4 is 29.3 Å². The summed E-state index contributed by atoms with van der Waals surface area (Å²) in [4.78, 5) is 30.4. The predicted molar refractivity (Wildman–Crippen MR) is 102 cm³/mol. The number of nitrogens with zero attached hydrogens (tertiary/aromatic N) is 3. The zero-order valence-corrected chi connectivity index (χ0v) is 15.6. The molecule has 1 unspecified atom stereocenters. The summed E-state index contributed by atoms with van der Waals surface area (Å²) in [5.74, 6) is 0.157. The Morgan fingerprint density at radius 1 is 1.14 bits per heavy atom. The van der Waals surface area contributed by atoms with Crippen molar-refractivity contribution in [3.05, 3.63) is 54.3 Å². The molecule has 0 radical (unpaired) electrons. The van der Waals surface area contributed by atoms with Crippen LogP contribution in [0.1, 0.15) is 6.42 Å². The molecule has 1 fully saturated rings. The summed E-state index contributed by atoms with van der Waals surface area (Å²) in [6.45, 7) is 0. The summed E-state index contributed by atoms with van der Waals surface area (Å²) in [7, 11) is 1.59. The maximum Gasteiger partial charge on any atom is 0.247 e. The Balaban J connectivity index is 1.49. The molecule has 28 heavy (non-hydrogen) atoms. The minimum Gasteiger partial charge on any atom is -0.497 e. The summed E-state index contributed by atoms with van der Waals surface area (Å²) in [6.07, 6.45) is 0.0350. The average Bonchev–Trinajstić information content (AvgIpc) is 3.28. The quantitative estimate of drug-likeness (QED) is 0.665. The van der Waals surface area contributed by atoms with E-state index in [1.165, 1.54) is 24.3 Å². The number of thioether (sulfide) groups is 1. The van der Waals surface area contributed by atoms with Crippen LogP contribution in [0.2, 0.25) is 0 Å². The number of ether oxygens (including phenoxy) is 1. The molecule has 4 rings (SSSR count). The lowest BCUT2D eigenvalue weighted by atomic mass is 10.2. The molecular weight excluding hydrogens is 383 g/mol. The second-order valence-electron chi connectivity index (χ2n) is 6.05. The summed E-state index contributed by atoms with van der Waals surface area (Å²) in [5, 5.41) is 6.71. The van der Waals surface area contributed by atoms with E-state index < -0.39 is 11.1 Å². The number of hydrogen-bond acceptors (Lipinski definition) is 6. The molecule has 0 aliphatic carbocycles. The fourth-order valence-corrected chi connectivity index (χ4v) is 3.79. The summed E-state index contributed by atoms with van der Waals surface area (Å²) in [6, 6.07) is 12.6. The van der Waals surface area contributed by atoms with Crippen molar-refractivity contribution in [2.45, 2.75) is 16.8 Å². The molecule has 142 valence electrons. The maximum absolute atomic E-state index is 13.1. The number of nitrogens with one attached hydrogen (secondary N) is 1. The Morgan fingerprint density at radius 2 is 1.86 bits per heavy atom. The third-order valence-corrected chi connectivity index (χ3v) is 5.31. The van der Waals surface area contributed by atoms with Crippen LogP contribution in [0.4, 0.5) is 10.1 Å². The maximum atomic E-state index is 13.1. The van der Waals surface area contributed by atoms with E-state index in [1.807, 2.05) is 24.3 Å². The number of carbonyl (C=O) groups excluding carboxylic acids is 2. The molecule has 3 aromatic rings. The molecule has 7 nitrogen and oxygen atoms in total. The number of anilines is 1. The predicted octanol–water partition coefficient (Wildman–Crippen LogP) is 3.04. The molecule has 1 saturated heterocycles. The third kappa shape index (κ3) is 3.48. The lowest BCUT2D eigenvalue weighted by Crippen LogP contribution is -2.31. The van der Waals surface area contributed by atoms with Gasteiger partial charge in [-0.15, -0.1) is 5.10 Å². The number of benzene rings is 2. The Labute approximate surface area is 163 Å². The van der Waals surface area contributed by atoms with Crippen LogP contribution in [-0.2, 0) is 9.59 Å². The van der Waals surface area contributed by atoms with Crippen LogP contribution >= 0.6 is 11.8 Å². The monoisotopic (exact) mass is 398 g/mol. The Hall–Kier alpha value is -3.20. The summed E-state index contributed by atoms with van der Waals surface area (Å²) in [5.41, 5.74) is 1.18. The van der Waals surface area contributed by atoms with Gasteiger partial charge in [0, 0.05) is 12.0 Å². The highest BCUT2D eigenvalue weighted by Gasteiger charge is 2.40. The van der Waals surface area contributed by atoms with E-state index >= 15 is 0 Å². The zero-order chi connectivity index (χ0) is 19.7. The van der Waals surface area contributed by atoms with Gasteiger partial charge in [-0.2, -0.15) is 0 Å². The highest BCUT2D eigenvalue weighted by molar-refractivity contribution is 8.00. The van der Waals surface area contributed by atoms with Gasteiger partial charge in [-0.05, 0) is 48.5 Å². The van der Waals surface area contributed by atoms with E-state index in [0.29, 0.717) is 16.7 Å². The molecule has 2 aromatic carbocycles. The third-order valence-electron chi connectivity index (χ3n) is 4.27. The molecule has 9 heteroatoms. The van der Waals surface area contributed by atoms with Gasteiger partial charge in [0.15, 0.2) is 5.82 Å². The van der Waals surface area contributed by atoms with Gasteiger partial charge in [-0.1, -0.05) is 11.8 Å². The molecule has 1 aliphatic heterocycles. The molecule has 0 saturated carbocycles. The molecule has 1 atom stereocenters. The van der Waals surface area contributed by atoms with E-state index in [2.05, 4.69) is 15.2 Å². The molecular formula is C19H15FN4O3S. The minimum absolute atomic E-state index is 0.0350. The number of H-pyrrole nitrogens is 1. The fraction of sp³-hybridized carbons (Fsp3) is 0.158. The van der Waals surface area contributed by atoms with Gasteiger partial charge in [0.05, 0.1) is 12.8 Å². The lowest BCUT2D eigenvalue weighted by molar-refractivity contribution is -0.121. The number of aromatic nitrogens is 3. The van der Waals surface area contributed by atoms with Crippen molar-refractivity contribution in [1.29, 1.82) is 0 Å². The smallest absolute Gasteiger partial charge is 0.247 e. The highest BCUT2D eigenvalue weighted by Crippen LogP contribution is 2.33. The van der Waals surface area contributed by atoms with Gasteiger partial charge in [0.2, 0.25) is 17.0 Å². The van der Waals surface area contributed by atoms with Crippen LogP contribution in [-0.4, -0.2) is 39.4 Å². The standard InChI is InChI=1S/C19H15FN4O3S/c1-27-14-8-2-11(3-9-14)17-21-19(23-22-17)28-15-10-16(25)24(18(15)26)13-6-4-12(20)5-7-13/h2-9,15H,10H2,1H3,(H,21,22,23). The lowest BCUT2D eigenvalue weighted by Gasteiger charge is -2.14. The first-order valence-electron chi connectivity index (χ1n) is 8.41. The normalized spacial score (nSPS) is 16.6.